The van der Waals surface area contributed by atoms with Crippen LogP contribution >= 0.6 is 0 Å². The van der Waals surface area contributed by atoms with E-state index in [2.05, 4.69) is 9.71 Å². The predicted molar refractivity (Wildman–Crippen MR) is 56.8 cm³/mol. The summed E-state index contributed by atoms with van der Waals surface area (Å²) in [7, 11) is -3.42. The van der Waals surface area contributed by atoms with Crippen LogP contribution in [0.2, 0.25) is 0 Å². The van der Waals surface area contributed by atoms with Gasteiger partial charge in [0.25, 0.3) is 0 Å². The first-order valence-electron chi connectivity index (χ1n) is 4.43. The standard InChI is InChI=1S/C9H13FN2O2S/c1-6(2)7-4-8(10)11-9(5-7)12-15(3,13)14/h4-6H,1-3H3,(H,11,12). The van der Waals surface area contributed by atoms with Crippen LogP contribution in [0.3, 0.4) is 0 Å². The zero-order chi connectivity index (χ0) is 11.6. The maximum atomic E-state index is 13.0. The van der Waals surface area contributed by atoms with E-state index < -0.39 is 16.0 Å². The summed E-state index contributed by atoms with van der Waals surface area (Å²) in [6.07, 6.45) is 0.995. The molecule has 6 heteroatoms. The fourth-order valence-corrected chi connectivity index (χ4v) is 1.58. The topological polar surface area (TPSA) is 59.1 Å². The van der Waals surface area contributed by atoms with Crippen LogP contribution in [-0.4, -0.2) is 19.7 Å². The van der Waals surface area contributed by atoms with Gasteiger partial charge in [0, 0.05) is 0 Å². The highest BCUT2D eigenvalue weighted by Crippen LogP contribution is 2.18. The Morgan fingerprint density at radius 3 is 2.47 bits per heavy atom. The minimum atomic E-state index is -3.42. The van der Waals surface area contributed by atoms with Gasteiger partial charge in [0.15, 0.2) is 0 Å². The van der Waals surface area contributed by atoms with Crippen LogP contribution in [0.5, 0.6) is 0 Å². The number of aromatic nitrogens is 1. The number of hydrogen-bond donors (Lipinski definition) is 1. The van der Waals surface area contributed by atoms with Crippen molar-refractivity contribution in [2.75, 3.05) is 11.0 Å². The van der Waals surface area contributed by atoms with E-state index in [9.17, 15) is 12.8 Å². The number of anilines is 1. The third kappa shape index (κ3) is 3.83. The second-order valence-electron chi connectivity index (χ2n) is 3.64. The molecule has 84 valence electrons. The highest BCUT2D eigenvalue weighted by molar-refractivity contribution is 7.92. The monoisotopic (exact) mass is 232 g/mol. The fourth-order valence-electron chi connectivity index (χ4n) is 1.09. The Bertz CT molecular complexity index is 457. The summed E-state index contributed by atoms with van der Waals surface area (Å²) in [6.45, 7) is 3.78. The van der Waals surface area contributed by atoms with Crippen LogP contribution in [0.4, 0.5) is 10.2 Å². The number of hydrogen-bond acceptors (Lipinski definition) is 3. The molecule has 0 saturated heterocycles. The number of halogens is 1. The Labute approximate surface area is 88.6 Å². The minimum Gasteiger partial charge on any atom is -0.267 e. The minimum absolute atomic E-state index is 0.0150. The van der Waals surface area contributed by atoms with Crippen molar-refractivity contribution in [1.29, 1.82) is 0 Å². The molecule has 1 rings (SSSR count). The molecular weight excluding hydrogens is 219 g/mol. The summed E-state index contributed by atoms with van der Waals surface area (Å²) < 4.78 is 37.0. The van der Waals surface area contributed by atoms with Crippen LogP contribution in [0, 0.1) is 5.95 Å². The van der Waals surface area contributed by atoms with Crippen LogP contribution < -0.4 is 4.72 Å². The summed E-state index contributed by atoms with van der Waals surface area (Å²) in [4.78, 5) is 3.44. The van der Waals surface area contributed by atoms with Gasteiger partial charge in [0.2, 0.25) is 16.0 Å². The Morgan fingerprint density at radius 1 is 1.40 bits per heavy atom. The maximum absolute atomic E-state index is 13.0. The molecule has 0 aliphatic rings. The van der Waals surface area contributed by atoms with E-state index in [1.807, 2.05) is 13.8 Å². The number of nitrogens with zero attached hydrogens (tertiary/aromatic N) is 1. The Morgan fingerprint density at radius 2 is 2.00 bits per heavy atom. The fraction of sp³-hybridized carbons (Fsp3) is 0.444. The Balaban J connectivity index is 3.10. The summed E-state index contributed by atoms with van der Waals surface area (Å²) in [5.74, 6) is -0.559. The molecule has 0 aromatic carbocycles. The van der Waals surface area contributed by atoms with E-state index in [0.29, 0.717) is 5.56 Å². The van der Waals surface area contributed by atoms with Gasteiger partial charge < -0.3 is 0 Å². The lowest BCUT2D eigenvalue weighted by Gasteiger charge is -2.08. The van der Waals surface area contributed by atoms with E-state index >= 15 is 0 Å². The number of rotatable bonds is 3. The van der Waals surface area contributed by atoms with Crippen LogP contribution in [-0.2, 0) is 10.0 Å². The van der Waals surface area contributed by atoms with Gasteiger partial charge in [0.05, 0.1) is 6.26 Å². The highest BCUT2D eigenvalue weighted by Gasteiger charge is 2.08. The second kappa shape index (κ2) is 4.14. The molecule has 15 heavy (non-hydrogen) atoms. The number of sulfonamides is 1. The van der Waals surface area contributed by atoms with Gasteiger partial charge in [-0.25, -0.2) is 13.4 Å². The average molecular weight is 232 g/mol. The lowest BCUT2D eigenvalue weighted by molar-refractivity contribution is 0.580. The largest absolute Gasteiger partial charge is 0.267 e. The molecule has 0 fully saturated rings. The lowest BCUT2D eigenvalue weighted by Crippen LogP contribution is -2.11. The van der Waals surface area contributed by atoms with Crippen molar-refractivity contribution in [2.45, 2.75) is 19.8 Å². The van der Waals surface area contributed by atoms with Crippen molar-refractivity contribution in [1.82, 2.24) is 4.98 Å². The SMILES string of the molecule is CC(C)c1cc(F)nc(NS(C)(=O)=O)c1. The molecule has 0 bridgehead atoms. The Kier molecular flexibility index (Phi) is 3.28. The van der Waals surface area contributed by atoms with Crippen molar-refractivity contribution in [2.24, 2.45) is 0 Å². The molecule has 0 aliphatic heterocycles. The molecule has 1 N–H and O–H groups in total. The quantitative estimate of drug-likeness (QED) is 0.807. The highest BCUT2D eigenvalue weighted by atomic mass is 32.2. The predicted octanol–water partition coefficient (Wildman–Crippen LogP) is 1.72. The molecule has 0 aliphatic carbocycles. The zero-order valence-electron chi connectivity index (χ0n) is 8.78. The third-order valence-corrected chi connectivity index (χ3v) is 2.35. The third-order valence-electron chi connectivity index (χ3n) is 1.77. The smallest absolute Gasteiger partial charge is 0.230 e. The first kappa shape index (κ1) is 11.9. The number of nitrogens with one attached hydrogen (secondary N) is 1. The van der Waals surface area contributed by atoms with E-state index in [-0.39, 0.29) is 11.7 Å². The normalized spacial score (nSPS) is 11.8. The van der Waals surface area contributed by atoms with E-state index in [1.165, 1.54) is 12.1 Å². The van der Waals surface area contributed by atoms with E-state index in [0.717, 1.165) is 6.26 Å². The Hall–Kier alpha value is -1.17. The summed E-state index contributed by atoms with van der Waals surface area (Å²) in [5.41, 5.74) is 0.702. The van der Waals surface area contributed by atoms with Gasteiger partial charge in [-0.2, -0.15) is 4.39 Å². The molecule has 4 nitrogen and oxygen atoms in total. The van der Waals surface area contributed by atoms with Gasteiger partial charge in [0.1, 0.15) is 5.82 Å². The van der Waals surface area contributed by atoms with Crippen molar-refractivity contribution >= 4 is 15.8 Å². The molecule has 1 heterocycles. The molecule has 0 spiro atoms. The van der Waals surface area contributed by atoms with Crippen LogP contribution in [0.15, 0.2) is 12.1 Å². The van der Waals surface area contributed by atoms with Gasteiger partial charge >= 0.3 is 0 Å². The van der Waals surface area contributed by atoms with Crippen LogP contribution in [0.25, 0.3) is 0 Å². The molecule has 0 radical (unpaired) electrons. The van der Waals surface area contributed by atoms with Gasteiger partial charge in [-0.1, -0.05) is 13.8 Å². The van der Waals surface area contributed by atoms with Gasteiger partial charge in [-0.3, -0.25) is 4.72 Å². The van der Waals surface area contributed by atoms with Crippen molar-refractivity contribution in [3.8, 4) is 0 Å². The molecule has 0 amide bonds. The lowest BCUT2D eigenvalue weighted by atomic mass is 10.1. The molecule has 0 atom stereocenters. The van der Waals surface area contributed by atoms with Crippen molar-refractivity contribution in [3.05, 3.63) is 23.6 Å². The molecule has 0 saturated carbocycles. The van der Waals surface area contributed by atoms with Crippen molar-refractivity contribution in [3.63, 3.8) is 0 Å². The van der Waals surface area contributed by atoms with E-state index in [4.69, 9.17) is 0 Å². The number of pyridine rings is 1. The molecular formula is C9H13FN2O2S. The average Bonchev–Trinajstić information content (AvgIpc) is 1.99. The van der Waals surface area contributed by atoms with Gasteiger partial charge in [-0.05, 0) is 23.6 Å². The van der Waals surface area contributed by atoms with Gasteiger partial charge in [-0.15, -0.1) is 0 Å². The van der Waals surface area contributed by atoms with E-state index in [1.54, 1.807) is 0 Å². The summed E-state index contributed by atoms with van der Waals surface area (Å²) >= 11 is 0. The summed E-state index contributed by atoms with van der Waals surface area (Å²) in [5, 5.41) is 0. The summed E-state index contributed by atoms with van der Waals surface area (Å²) in [6, 6.07) is 2.81. The molecule has 1 aromatic rings. The zero-order valence-corrected chi connectivity index (χ0v) is 9.60. The molecule has 1 aromatic heterocycles. The first-order chi connectivity index (χ1) is 6.78. The second-order valence-corrected chi connectivity index (χ2v) is 5.39. The van der Waals surface area contributed by atoms with Crippen LogP contribution in [0.1, 0.15) is 25.3 Å². The van der Waals surface area contributed by atoms with Crippen molar-refractivity contribution < 1.29 is 12.8 Å². The maximum Gasteiger partial charge on any atom is 0.230 e. The first-order valence-corrected chi connectivity index (χ1v) is 6.32. The molecule has 0 unspecified atom stereocenters.